The first-order chi connectivity index (χ1) is 15.3. The lowest BCUT2D eigenvalue weighted by Crippen LogP contribution is -2.28. The third kappa shape index (κ3) is 5.59. The Hall–Kier alpha value is -3.52. The zero-order chi connectivity index (χ0) is 23.3. The Morgan fingerprint density at radius 3 is 2.25 bits per heavy atom. The third-order valence-electron chi connectivity index (χ3n) is 5.13. The van der Waals surface area contributed by atoms with Crippen molar-refractivity contribution in [2.75, 3.05) is 24.4 Å². The highest BCUT2D eigenvalue weighted by Crippen LogP contribution is 2.34. The number of nitrogens with one attached hydrogen (secondary N) is 2. The van der Waals surface area contributed by atoms with E-state index in [-0.39, 0.29) is 23.4 Å². The molecule has 2 aromatic carbocycles. The molecule has 0 saturated carbocycles. The van der Waals surface area contributed by atoms with Crippen LogP contribution in [0.5, 0.6) is 0 Å². The Kier molecular flexibility index (Phi) is 7.37. The molecule has 1 unspecified atom stereocenters. The van der Waals surface area contributed by atoms with Gasteiger partial charge in [0.2, 0.25) is 11.6 Å². The first-order valence-electron chi connectivity index (χ1n) is 10.5. The van der Waals surface area contributed by atoms with Gasteiger partial charge in [-0.15, -0.1) is 0 Å². The van der Waals surface area contributed by atoms with Crippen LogP contribution in [0.2, 0.25) is 0 Å². The molecule has 0 aliphatic rings. The Morgan fingerprint density at radius 1 is 1.03 bits per heavy atom. The molecule has 0 aliphatic carbocycles. The zero-order valence-electron chi connectivity index (χ0n) is 19.1. The number of nitrogens with zero attached hydrogens (tertiary/aromatic N) is 3. The van der Waals surface area contributed by atoms with E-state index in [2.05, 4.69) is 20.6 Å². The van der Waals surface area contributed by atoms with Gasteiger partial charge in [-0.3, -0.25) is 10.1 Å². The van der Waals surface area contributed by atoms with Crippen LogP contribution < -0.4 is 10.6 Å². The van der Waals surface area contributed by atoms with Gasteiger partial charge in [0.1, 0.15) is 5.82 Å². The fourth-order valence-electron chi connectivity index (χ4n) is 3.87. The van der Waals surface area contributed by atoms with E-state index in [4.69, 9.17) is 4.74 Å². The van der Waals surface area contributed by atoms with Gasteiger partial charge in [0.05, 0.1) is 17.6 Å². The fourth-order valence-corrected chi connectivity index (χ4v) is 3.87. The molecule has 2 N–H and O–H groups in total. The average Bonchev–Trinajstić information content (AvgIpc) is 2.71. The first-order valence-corrected chi connectivity index (χ1v) is 10.5. The van der Waals surface area contributed by atoms with Crippen molar-refractivity contribution in [1.82, 2.24) is 9.97 Å². The van der Waals surface area contributed by atoms with Crippen LogP contribution in [0, 0.1) is 37.8 Å². The van der Waals surface area contributed by atoms with Crippen molar-refractivity contribution in [2.24, 2.45) is 0 Å². The molecule has 0 spiro atoms. The van der Waals surface area contributed by atoms with Gasteiger partial charge in [-0.1, -0.05) is 48.0 Å². The minimum atomic E-state index is -0.449. The number of methoxy groups -OCH3 is 1. The molecule has 0 aliphatic heterocycles. The number of aryl methyl sites for hydroxylation is 4. The van der Waals surface area contributed by atoms with E-state index in [1.54, 1.807) is 14.0 Å². The average molecular weight is 436 g/mol. The summed E-state index contributed by atoms with van der Waals surface area (Å²) in [5.74, 6) is 0.764. The predicted octanol–water partition coefficient (Wildman–Crippen LogP) is 5.03. The minimum absolute atomic E-state index is 0.163. The largest absolute Gasteiger partial charge is 0.383 e. The highest BCUT2D eigenvalue weighted by Gasteiger charge is 2.27. The van der Waals surface area contributed by atoms with Gasteiger partial charge in [0, 0.05) is 12.8 Å². The van der Waals surface area contributed by atoms with Crippen molar-refractivity contribution < 1.29 is 9.66 Å². The lowest BCUT2D eigenvalue weighted by atomic mass is 10.0. The number of rotatable bonds is 9. The second kappa shape index (κ2) is 10.2. The zero-order valence-corrected chi connectivity index (χ0v) is 19.1. The molecular formula is C24H29N5O3. The molecule has 1 atom stereocenters. The summed E-state index contributed by atoms with van der Waals surface area (Å²) >= 11 is 0. The highest BCUT2D eigenvalue weighted by molar-refractivity contribution is 5.76. The second-order valence-corrected chi connectivity index (χ2v) is 7.96. The van der Waals surface area contributed by atoms with Crippen LogP contribution in [0.4, 0.5) is 23.0 Å². The molecule has 8 heteroatoms. The van der Waals surface area contributed by atoms with E-state index in [0.29, 0.717) is 18.9 Å². The van der Waals surface area contributed by atoms with Crippen molar-refractivity contribution in [3.05, 3.63) is 80.7 Å². The summed E-state index contributed by atoms with van der Waals surface area (Å²) in [4.78, 5) is 20.3. The lowest BCUT2D eigenvalue weighted by molar-refractivity contribution is -0.383. The number of aromatic nitrogens is 2. The van der Waals surface area contributed by atoms with Crippen LogP contribution in [0.25, 0.3) is 0 Å². The van der Waals surface area contributed by atoms with Crippen molar-refractivity contribution >= 4 is 23.0 Å². The number of ether oxygens (including phenoxy) is 1. The first kappa shape index (κ1) is 23.1. The summed E-state index contributed by atoms with van der Waals surface area (Å²) < 4.78 is 5.36. The maximum Gasteiger partial charge on any atom is 0.353 e. The monoisotopic (exact) mass is 435 g/mol. The molecule has 8 nitrogen and oxygen atoms in total. The normalized spacial score (nSPS) is 11.8. The van der Waals surface area contributed by atoms with Gasteiger partial charge in [0.25, 0.3) is 0 Å². The van der Waals surface area contributed by atoms with Crippen LogP contribution in [0.15, 0.2) is 42.5 Å². The summed E-state index contributed by atoms with van der Waals surface area (Å²) in [6.45, 7) is 8.04. The summed E-state index contributed by atoms with van der Waals surface area (Å²) in [6.07, 6.45) is 0.633. The summed E-state index contributed by atoms with van der Waals surface area (Å²) in [6, 6.07) is 13.8. The molecular weight excluding hydrogens is 406 g/mol. The Morgan fingerprint density at radius 2 is 1.66 bits per heavy atom. The molecule has 3 rings (SSSR count). The molecule has 1 aromatic heterocycles. The lowest BCUT2D eigenvalue weighted by Gasteiger charge is -2.20. The smallest absolute Gasteiger partial charge is 0.353 e. The topological polar surface area (TPSA) is 102 Å². The van der Waals surface area contributed by atoms with E-state index in [0.717, 1.165) is 27.9 Å². The predicted molar refractivity (Wildman–Crippen MR) is 127 cm³/mol. The molecule has 0 fully saturated rings. The Bertz CT molecular complexity index is 1080. The van der Waals surface area contributed by atoms with E-state index >= 15 is 0 Å². The second-order valence-electron chi connectivity index (χ2n) is 7.96. The van der Waals surface area contributed by atoms with Crippen LogP contribution in [0.1, 0.15) is 28.1 Å². The molecule has 168 valence electrons. The van der Waals surface area contributed by atoms with Crippen molar-refractivity contribution in [1.29, 1.82) is 0 Å². The molecule has 0 bridgehead atoms. The number of benzene rings is 2. The Labute approximate surface area is 188 Å². The maximum absolute atomic E-state index is 12.1. The number of anilines is 3. The SMILES string of the molecule is COCC(Cc1ccccc1)Nc1nc(C)nc(Nc2c(C)cc(C)cc2C)c1[N+](=O)[O-]. The molecule has 3 aromatic rings. The van der Waals surface area contributed by atoms with Crippen molar-refractivity contribution in [2.45, 2.75) is 40.2 Å². The molecule has 0 radical (unpaired) electrons. The summed E-state index contributed by atoms with van der Waals surface area (Å²) in [5, 5.41) is 18.5. The van der Waals surface area contributed by atoms with Gasteiger partial charge >= 0.3 is 5.69 Å². The third-order valence-corrected chi connectivity index (χ3v) is 5.13. The maximum atomic E-state index is 12.1. The van der Waals surface area contributed by atoms with Crippen molar-refractivity contribution in [3.63, 3.8) is 0 Å². The minimum Gasteiger partial charge on any atom is -0.383 e. The summed E-state index contributed by atoms with van der Waals surface area (Å²) in [5.41, 5.74) is 4.82. The van der Waals surface area contributed by atoms with E-state index in [1.165, 1.54) is 0 Å². The van der Waals surface area contributed by atoms with Crippen LogP contribution in [0.3, 0.4) is 0 Å². The van der Waals surface area contributed by atoms with Gasteiger partial charge in [0.15, 0.2) is 0 Å². The van der Waals surface area contributed by atoms with Crippen LogP contribution >= 0.6 is 0 Å². The van der Waals surface area contributed by atoms with E-state index < -0.39 is 4.92 Å². The van der Waals surface area contributed by atoms with Crippen molar-refractivity contribution in [3.8, 4) is 0 Å². The van der Waals surface area contributed by atoms with Gasteiger partial charge in [-0.05, 0) is 50.8 Å². The van der Waals surface area contributed by atoms with Gasteiger partial charge in [-0.25, -0.2) is 9.97 Å². The summed E-state index contributed by atoms with van der Waals surface area (Å²) in [7, 11) is 1.61. The molecule has 1 heterocycles. The molecule has 0 amide bonds. The molecule has 0 saturated heterocycles. The van der Waals surface area contributed by atoms with E-state index in [9.17, 15) is 10.1 Å². The van der Waals surface area contributed by atoms with Crippen LogP contribution in [-0.4, -0.2) is 34.6 Å². The highest BCUT2D eigenvalue weighted by atomic mass is 16.6. The number of hydrogen-bond acceptors (Lipinski definition) is 7. The molecule has 32 heavy (non-hydrogen) atoms. The van der Waals surface area contributed by atoms with E-state index in [1.807, 2.05) is 63.2 Å². The quantitative estimate of drug-likeness (QED) is 0.359. The van der Waals surface area contributed by atoms with Crippen LogP contribution in [-0.2, 0) is 11.2 Å². The Balaban J connectivity index is 1.99. The number of nitro groups is 1. The van der Waals surface area contributed by atoms with Gasteiger partial charge in [-0.2, -0.15) is 0 Å². The standard InChI is InChI=1S/C24H29N5O3/c1-15-11-16(2)21(17(3)12-15)28-24-22(29(30)31)23(25-18(4)26-24)27-20(14-32-5)13-19-9-7-6-8-10-19/h6-12,20H,13-14H2,1-5H3,(H2,25,26,27,28). The fraction of sp³-hybridized carbons (Fsp3) is 0.333. The van der Waals surface area contributed by atoms with Gasteiger partial charge < -0.3 is 15.4 Å². The number of hydrogen-bond donors (Lipinski definition) is 2.